The van der Waals surface area contributed by atoms with Crippen molar-refractivity contribution < 1.29 is 9.53 Å². The Labute approximate surface area is 126 Å². The van der Waals surface area contributed by atoms with Crippen LogP contribution in [0.4, 0.5) is 5.82 Å². The summed E-state index contributed by atoms with van der Waals surface area (Å²) in [6.07, 6.45) is 0. The van der Waals surface area contributed by atoms with Crippen molar-refractivity contribution >= 4 is 27.7 Å². The topological polar surface area (TPSA) is 51.2 Å². The molecule has 20 heavy (non-hydrogen) atoms. The van der Waals surface area contributed by atoms with Crippen LogP contribution < -0.4 is 10.1 Å². The quantitative estimate of drug-likeness (QED) is 0.930. The van der Waals surface area contributed by atoms with Crippen LogP contribution in [-0.4, -0.2) is 18.0 Å². The van der Waals surface area contributed by atoms with Crippen molar-refractivity contribution in [2.24, 2.45) is 0 Å². The Hall–Kier alpha value is -1.88. The van der Waals surface area contributed by atoms with Crippen LogP contribution >= 0.6 is 15.9 Å². The number of nitrogens with zero attached hydrogens (tertiary/aromatic N) is 1. The number of halogens is 1. The molecule has 0 bridgehead atoms. The molecule has 0 unspecified atom stereocenters. The molecule has 0 saturated carbocycles. The van der Waals surface area contributed by atoms with Crippen LogP contribution in [-0.2, 0) is 0 Å². The highest BCUT2D eigenvalue weighted by Gasteiger charge is 2.13. The van der Waals surface area contributed by atoms with Gasteiger partial charge in [0.05, 0.1) is 12.7 Å². The highest BCUT2D eigenvalue weighted by Crippen LogP contribution is 2.24. The third-order valence-corrected chi connectivity index (χ3v) is 3.24. The van der Waals surface area contributed by atoms with E-state index in [0.29, 0.717) is 17.1 Å². The van der Waals surface area contributed by atoms with E-state index in [1.54, 1.807) is 18.2 Å². The molecular weight excluding hydrogens is 320 g/mol. The molecule has 0 radical (unpaired) electrons. The summed E-state index contributed by atoms with van der Waals surface area (Å²) in [5.41, 5.74) is 2.38. The molecular formula is C15H15BrN2O2. The highest BCUT2D eigenvalue weighted by atomic mass is 79.9. The van der Waals surface area contributed by atoms with Gasteiger partial charge in [-0.25, -0.2) is 4.98 Å². The molecule has 2 aromatic rings. The summed E-state index contributed by atoms with van der Waals surface area (Å²) in [6.45, 7) is 3.85. The maximum absolute atomic E-state index is 12.3. The predicted molar refractivity (Wildman–Crippen MR) is 82.4 cm³/mol. The molecule has 0 atom stereocenters. The second-order valence-corrected chi connectivity index (χ2v) is 5.39. The zero-order valence-electron chi connectivity index (χ0n) is 11.5. The number of ether oxygens (including phenoxy) is 1. The number of anilines is 1. The first-order chi connectivity index (χ1) is 9.49. The molecule has 0 aliphatic heterocycles. The van der Waals surface area contributed by atoms with Crippen LogP contribution in [0.1, 0.15) is 21.6 Å². The molecule has 0 aliphatic rings. The molecule has 0 aliphatic carbocycles. The molecule has 104 valence electrons. The average Bonchev–Trinajstić information content (AvgIpc) is 2.37. The SMILES string of the molecule is COc1cc(Br)ccc1C(=O)Nc1cc(C)cc(C)n1. The first-order valence-electron chi connectivity index (χ1n) is 6.10. The van der Waals surface area contributed by atoms with Gasteiger partial charge in [0.25, 0.3) is 5.91 Å². The lowest BCUT2D eigenvalue weighted by molar-refractivity contribution is 0.102. The zero-order chi connectivity index (χ0) is 14.7. The minimum absolute atomic E-state index is 0.244. The normalized spacial score (nSPS) is 10.2. The van der Waals surface area contributed by atoms with Crippen molar-refractivity contribution in [3.63, 3.8) is 0 Å². The largest absolute Gasteiger partial charge is 0.496 e. The van der Waals surface area contributed by atoms with E-state index in [4.69, 9.17) is 4.74 Å². The predicted octanol–water partition coefficient (Wildman–Crippen LogP) is 3.72. The van der Waals surface area contributed by atoms with Crippen LogP contribution in [0.15, 0.2) is 34.8 Å². The maximum Gasteiger partial charge on any atom is 0.260 e. The van der Waals surface area contributed by atoms with Crippen molar-refractivity contribution in [3.8, 4) is 5.75 Å². The van der Waals surface area contributed by atoms with Gasteiger partial charge in [-0.15, -0.1) is 0 Å². The molecule has 1 aromatic carbocycles. The van der Waals surface area contributed by atoms with Crippen molar-refractivity contribution in [2.45, 2.75) is 13.8 Å². The van der Waals surface area contributed by atoms with Gasteiger partial charge in [0, 0.05) is 10.2 Å². The smallest absolute Gasteiger partial charge is 0.260 e. The van der Waals surface area contributed by atoms with Crippen LogP contribution in [0, 0.1) is 13.8 Å². The third-order valence-electron chi connectivity index (χ3n) is 2.75. The number of rotatable bonds is 3. The van der Waals surface area contributed by atoms with Gasteiger partial charge < -0.3 is 10.1 Å². The van der Waals surface area contributed by atoms with Crippen LogP contribution in [0.2, 0.25) is 0 Å². The fourth-order valence-corrected chi connectivity index (χ4v) is 2.28. The van der Waals surface area contributed by atoms with Crippen molar-refractivity contribution in [1.29, 1.82) is 0 Å². The zero-order valence-corrected chi connectivity index (χ0v) is 13.1. The number of hydrogen-bond acceptors (Lipinski definition) is 3. The fraction of sp³-hybridized carbons (Fsp3) is 0.200. The molecule has 1 aromatic heterocycles. The molecule has 1 N–H and O–H groups in total. The van der Waals surface area contributed by atoms with Crippen molar-refractivity contribution in [3.05, 3.63) is 51.6 Å². The number of aromatic nitrogens is 1. The molecule has 4 nitrogen and oxygen atoms in total. The summed E-state index contributed by atoms with van der Waals surface area (Å²) in [6, 6.07) is 9.04. The number of hydrogen-bond donors (Lipinski definition) is 1. The van der Waals surface area contributed by atoms with E-state index in [1.807, 2.05) is 26.0 Å². The minimum Gasteiger partial charge on any atom is -0.496 e. The lowest BCUT2D eigenvalue weighted by Gasteiger charge is -2.10. The first kappa shape index (κ1) is 14.5. The van der Waals surface area contributed by atoms with Gasteiger partial charge in [0.15, 0.2) is 0 Å². The van der Waals surface area contributed by atoms with E-state index in [2.05, 4.69) is 26.2 Å². The Morgan fingerprint density at radius 2 is 2.00 bits per heavy atom. The highest BCUT2D eigenvalue weighted by molar-refractivity contribution is 9.10. The van der Waals surface area contributed by atoms with E-state index < -0.39 is 0 Å². The summed E-state index contributed by atoms with van der Waals surface area (Å²) in [5.74, 6) is 0.811. The number of pyridine rings is 1. The first-order valence-corrected chi connectivity index (χ1v) is 6.89. The summed E-state index contributed by atoms with van der Waals surface area (Å²) in [4.78, 5) is 16.6. The van der Waals surface area contributed by atoms with E-state index in [-0.39, 0.29) is 5.91 Å². The molecule has 1 amide bonds. The monoisotopic (exact) mass is 334 g/mol. The van der Waals surface area contributed by atoms with Gasteiger partial charge in [0.2, 0.25) is 0 Å². The standard InChI is InChI=1S/C15H15BrN2O2/c1-9-6-10(2)17-14(7-9)18-15(19)12-5-4-11(16)8-13(12)20-3/h4-8H,1-3H3,(H,17,18,19). The summed E-state index contributed by atoms with van der Waals surface area (Å²) in [5, 5.41) is 2.79. The Morgan fingerprint density at radius 1 is 1.25 bits per heavy atom. The Morgan fingerprint density at radius 3 is 2.65 bits per heavy atom. The van der Waals surface area contributed by atoms with Gasteiger partial charge >= 0.3 is 0 Å². The lowest BCUT2D eigenvalue weighted by atomic mass is 10.2. The maximum atomic E-state index is 12.3. The number of benzene rings is 1. The van der Waals surface area contributed by atoms with Crippen LogP contribution in [0.3, 0.4) is 0 Å². The van der Waals surface area contributed by atoms with Crippen LogP contribution in [0.25, 0.3) is 0 Å². The van der Waals surface area contributed by atoms with Crippen molar-refractivity contribution in [2.75, 3.05) is 12.4 Å². The second kappa shape index (κ2) is 6.05. The van der Waals surface area contributed by atoms with Gasteiger partial charge in [-0.3, -0.25) is 4.79 Å². The Kier molecular flexibility index (Phi) is 4.39. The number of methoxy groups -OCH3 is 1. The summed E-state index contributed by atoms with van der Waals surface area (Å²) < 4.78 is 6.08. The lowest BCUT2D eigenvalue weighted by Crippen LogP contribution is -2.14. The molecule has 0 spiro atoms. The van der Waals surface area contributed by atoms with E-state index in [0.717, 1.165) is 15.7 Å². The fourth-order valence-electron chi connectivity index (χ4n) is 1.94. The second-order valence-electron chi connectivity index (χ2n) is 4.47. The summed E-state index contributed by atoms with van der Waals surface area (Å²) >= 11 is 3.35. The number of carbonyl (C=O) groups excluding carboxylic acids is 1. The van der Waals surface area contributed by atoms with Gasteiger partial charge in [0.1, 0.15) is 11.6 Å². The number of aryl methyl sites for hydroxylation is 2. The average molecular weight is 335 g/mol. The molecule has 2 rings (SSSR count). The molecule has 0 fully saturated rings. The molecule has 0 saturated heterocycles. The Balaban J connectivity index is 2.28. The summed E-state index contributed by atoms with van der Waals surface area (Å²) in [7, 11) is 1.54. The molecule has 1 heterocycles. The van der Waals surface area contributed by atoms with Gasteiger partial charge in [-0.1, -0.05) is 15.9 Å². The third kappa shape index (κ3) is 3.36. The van der Waals surface area contributed by atoms with E-state index >= 15 is 0 Å². The number of carbonyl (C=O) groups is 1. The van der Waals surface area contributed by atoms with Gasteiger partial charge in [-0.05, 0) is 49.7 Å². The van der Waals surface area contributed by atoms with E-state index in [9.17, 15) is 4.79 Å². The van der Waals surface area contributed by atoms with Gasteiger partial charge in [-0.2, -0.15) is 0 Å². The minimum atomic E-state index is -0.244. The number of nitrogens with one attached hydrogen (secondary N) is 1. The van der Waals surface area contributed by atoms with E-state index in [1.165, 1.54) is 7.11 Å². The van der Waals surface area contributed by atoms with Crippen molar-refractivity contribution in [1.82, 2.24) is 4.98 Å². The Bertz CT molecular complexity index is 636. The van der Waals surface area contributed by atoms with Crippen LogP contribution in [0.5, 0.6) is 5.75 Å². The molecule has 5 heteroatoms. The number of amides is 1.